The summed E-state index contributed by atoms with van der Waals surface area (Å²) < 4.78 is 2.14. The lowest BCUT2D eigenvalue weighted by atomic mass is 9.71. The van der Waals surface area contributed by atoms with Crippen LogP contribution in [-0.4, -0.2) is 21.6 Å². The van der Waals surface area contributed by atoms with E-state index in [2.05, 4.69) is 42.7 Å². The molecule has 1 saturated carbocycles. The molecule has 1 heterocycles. The first-order valence-corrected chi connectivity index (χ1v) is 7.17. The second-order valence-corrected chi connectivity index (χ2v) is 6.72. The molecule has 1 fully saturated rings. The fourth-order valence-corrected chi connectivity index (χ4v) is 2.68. The summed E-state index contributed by atoms with van der Waals surface area (Å²) in [5.41, 5.74) is 0.250. The topological polar surface area (TPSA) is 29.9 Å². The molecule has 18 heavy (non-hydrogen) atoms. The minimum Gasteiger partial charge on any atom is -0.338 e. The highest BCUT2D eigenvalue weighted by Crippen LogP contribution is 2.37. The van der Waals surface area contributed by atoms with Crippen LogP contribution in [0.25, 0.3) is 0 Å². The number of nitrogens with one attached hydrogen (secondary N) is 1. The zero-order valence-electron chi connectivity index (χ0n) is 12.2. The Hall–Kier alpha value is -0.830. The molecule has 1 aliphatic carbocycles. The lowest BCUT2D eigenvalue weighted by Crippen LogP contribution is -2.43. The number of hydrogen-bond acceptors (Lipinski definition) is 2. The van der Waals surface area contributed by atoms with E-state index in [-0.39, 0.29) is 5.54 Å². The number of imidazole rings is 1. The summed E-state index contributed by atoms with van der Waals surface area (Å²) in [5, 5.41) is 3.64. The number of hydrogen-bond donors (Lipinski definition) is 1. The van der Waals surface area contributed by atoms with Gasteiger partial charge in [-0.25, -0.2) is 4.98 Å². The molecule has 3 heteroatoms. The molecule has 1 N–H and O–H groups in total. The van der Waals surface area contributed by atoms with E-state index in [4.69, 9.17) is 0 Å². The Morgan fingerprint density at radius 2 is 2.06 bits per heavy atom. The van der Waals surface area contributed by atoms with Gasteiger partial charge in [-0.2, -0.15) is 0 Å². The molecular weight excluding hydrogens is 222 g/mol. The van der Waals surface area contributed by atoms with Crippen molar-refractivity contribution in [3.63, 3.8) is 0 Å². The van der Waals surface area contributed by atoms with Crippen LogP contribution in [0.5, 0.6) is 0 Å². The van der Waals surface area contributed by atoms with E-state index in [0.29, 0.717) is 0 Å². The first kappa shape index (κ1) is 13.6. The van der Waals surface area contributed by atoms with Crippen LogP contribution >= 0.6 is 0 Å². The maximum Gasteiger partial charge on any atom is 0.108 e. The van der Waals surface area contributed by atoms with E-state index in [0.717, 1.165) is 18.3 Å². The maximum atomic E-state index is 4.40. The number of aromatic nitrogens is 2. The average Bonchev–Trinajstić information content (AvgIpc) is 2.61. The van der Waals surface area contributed by atoms with Gasteiger partial charge >= 0.3 is 0 Å². The molecule has 0 saturated heterocycles. The van der Waals surface area contributed by atoms with Gasteiger partial charge in [-0.3, -0.25) is 0 Å². The van der Waals surface area contributed by atoms with Gasteiger partial charge in [0.15, 0.2) is 0 Å². The average molecular weight is 249 g/mol. The van der Waals surface area contributed by atoms with Gasteiger partial charge in [0, 0.05) is 31.4 Å². The van der Waals surface area contributed by atoms with Crippen LogP contribution in [0.15, 0.2) is 12.4 Å². The van der Waals surface area contributed by atoms with Crippen molar-refractivity contribution < 1.29 is 0 Å². The number of nitrogens with zero attached hydrogens (tertiary/aromatic N) is 2. The van der Waals surface area contributed by atoms with E-state index in [1.807, 2.05) is 12.4 Å². The third-order valence-corrected chi connectivity index (χ3v) is 4.13. The van der Waals surface area contributed by atoms with Crippen LogP contribution in [0.2, 0.25) is 0 Å². The molecule has 0 bridgehead atoms. The van der Waals surface area contributed by atoms with Crippen LogP contribution in [0.3, 0.4) is 0 Å². The van der Waals surface area contributed by atoms with Gasteiger partial charge in [0.05, 0.1) is 0 Å². The third kappa shape index (κ3) is 3.58. The summed E-state index contributed by atoms with van der Waals surface area (Å²) >= 11 is 0. The first-order chi connectivity index (χ1) is 8.46. The fourth-order valence-electron chi connectivity index (χ4n) is 2.68. The van der Waals surface area contributed by atoms with Crippen molar-refractivity contribution in [3.05, 3.63) is 18.2 Å². The van der Waals surface area contributed by atoms with Crippen LogP contribution in [-0.2, 0) is 13.5 Å². The molecular formula is C15H27N3. The summed E-state index contributed by atoms with van der Waals surface area (Å²) in [7, 11) is 2.09. The Kier molecular flexibility index (Phi) is 4.10. The summed E-state index contributed by atoms with van der Waals surface area (Å²) in [5.74, 6) is 3.01. The second-order valence-electron chi connectivity index (χ2n) is 6.72. The van der Waals surface area contributed by atoms with Crippen LogP contribution in [0, 0.1) is 11.8 Å². The molecule has 0 spiro atoms. The van der Waals surface area contributed by atoms with Gasteiger partial charge < -0.3 is 9.88 Å². The summed E-state index contributed by atoms with van der Waals surface area (Å²) in [6, 6.07) is 0. The molecule has 0 amide bonds. The van der Waals surface area contributed by atoms with Crippen molar-refractivity contribution in [1.82, 2.24) is 14.9 Å². The number of aryl methyl sites for hydroxylation is 2. The zero-order valence-corrected chi connectivity index (χ0v) is 12.2. The summed E-state index contributed by atoms with van der Waals surface area (Å²) in [4.78, 5) is 4.40. The van der Waals surface area contributed by atoms with Gasteiger partial charge in [0.1, 0.15) is 5.82 Å². The minimum absolute atomic E-state index is 0.250. The maximum absolute atomic E-state index is 4.40. The predicted octanol–water partition coefficient (Wildman–Crippen LogP) is 2.77. The normalized spacial score (nSPS) is 24.0. The Balaban J connectivity index is 1.72. The fraction of sp³-hybridized carbons (Fsp3) is 0.800. The molecule has 1 aliphatic rings. The van der Waals surface area contributed by atoms with Crippen LogP contribution in [0.4, 0.5) is 0 Å². The van der Waals surface area contributed by atoms with Crippen LogP contribution in [0.1, 0.15) is 45.9 Å². The SMILES string of the molecule is Cn1ccnc1CCC1CCC1CNC(C)(C)C. The molecule has 2 unspecified atom stereocenters. The van der Waals surface area contributed by atoms with E-state index < -0.39 is 0 Å². The van der Waals surface area contributed by atoms with Gasteiger partial charge in [-0.1, -0.05) is 0 Å². The van der Waals surface area contributed by atoms with Crippen molar-refractivity contribution in [1.29, 1.82) is 0 Å². The van der Waals surface area contributed by atoms with Gasteiger partial charge in [0.25, 0.3) is 0 Å². The van der Waals surface area contributed by atoms with E-state index >= 15 is 0 Å². The van der Waals surface area contributed by atoms with E-state index in [1.54, 1.807) is 0 Å². The van der Waals surface area contributed by atoms with Gasteiger partial charge in [0.2, 0.25) is 0 Å². The van der Waals surface area contributed by atoms with Crippen molar-refractivity contribution in [3.8, 4) is 0 Å². The van der Waals surface area contributed by atoms with Crippen molar-refractivity contribution in [2.45, 2.75) is 52.0 Å². The first-order valence-electron chi connectivity index (χ1n) is 7.17. The van der Waals surface area contributed by atoms with Crippen molar-refractivity contribution in [2.24, 2.45) is 18.9 Å². The molecule has 1 aromatic rings. The predicted molar refractivity (Wildman–Crippen MR) is 75.5 cm³/mol. The highest BCUT2D eigenvalue weighted by molar-refractivity contribution is 4.93. The standard InChI is InChI=1S/C15H27N3/c1-15(2,3)17-11-13-6-5-12(13)7-8-14-16-9-10-18(14)4/h9-10,12-13,17H,5-8,11H2,1-4H3. The molecule has 0 aromatic carbocycles. The molecule has 0 radical (unpaired) electrons. The van der Waals surface area contributed by atoms with Gasteiger partial charge in [-0.15, -0.1) is 0 Å². The molecule has 3 nitrogen and oxygen atoms in total. The molecule has 0 aliphatic heterocycles. The van der Waals surface area contributed by atoms with Crippen molar-refractivity contribution in [2.75, 3.05) is 6.54 Å². The highest BCUT2D eigenvalue weighted by atomic mass is 15.0. The molecule has 1 aromatic heterocycles. The van der Waals surface area contributed by atoms with Gasteiger partial charge in [-0.05, 0) is 58.4 Å². The summed E-state index contributed by atoms with van der Waals surface area (Å²) in [6.07, 6.45) is 9.15. The quantitative estimate of drug-likeness (QED) is 0.869. The molecule has 2 atom stereocenters. The Morgan fingerprint density at radius 3 is 2.56 bits per heavy atom. The smallest absolute Gasteiger partial charge is 0.108 e. The third-order valence-electron chi connectivity index (χ3n) is 4.13. The largest absolute Gasteiger partial charge is 0.338 e. The van der Waals surface area contributed by atoms with Crippen molar-refractivity contribution >= 4 is 0 Å². The van der Waals surface area contributed by atoms with E-state index in [1.165, 1.54) is 31.6 Å². The molecule has 102 valence electrons. The Morgan fingerprint density at radius 1 is 1.33 bits per heavy atom. The van der Waals surface area contributed by atoms with Crippen LogP contribution < -0.4 is 5.32 Å². The highest BCUT2D eigenvalue weighted by Gasteiger charge is 2.31. The Bertz CT molecular complexity index is 375. The van der Waals surface area contributed by atoms with E-state index in [9.17, 15) is 0 Å². The zero-order chi connectivity index (χ0) is 13.2. The molecule has 2 rings (SSSR count). The lowest BCUT2D eigenvalue weighted by molar-refractivity contribution is 0.149. The monoisotopic (exact) mass is 249 g/mol. The summed E-state index contributed by atoms with van der Waals surface area (Å²) in [6.45, 7) is 7.91. The second kappa shape index (κ2) is 5.43. The minimum atomic E-state index is 0.250. The lowest BCUT2D eigenvalue weighted by Gasteiger charge is -2.38. The number of rotatable bonds is 5. The Labute approximate surface area is 111 Å².